The summed E-state index contributed by atoms with van der Waals surface area (Å²) in [5.74, 6) is 1.90. The molecule has 0 amide bonds. The largest absolute Gasteiger partial charge is 0.379 e. The second-order valence-corrected chi connectivity index (χ2v) is 7.33. The van der Waals surface area contributed by atoms with Gasteiger partial charge in [0.15, 0.2) is 5.96 Å². The molecule has 0 saturated carbocycles. The first-order chi connectivity index (χ1) is 13.8. The molecule has 0 bridgehead atoms. The summed E-state index contributed by atoms with van der Waals surface area (Å²) < 4.78 is 5.48. The number of guanidine groups is 1. The number of rotatable bonds is 5. The summed E-state index contributed by atoms with van der Waals surface area (Å²) in [6, 6.07) is 12.9. The Morgan fingerprint density at radius 1 is 1.14 bits per heavy atom. The van der Waals surface area contributed by atoms with Crippen LogP contribution in [0.1, 0.15) is 6.42 Å². The van der Waals surface area contributed by atoms with Crippen molar-refractivity contribution in [2.45, 2.75) is 12.5 Å². The fourth-order valence-corrected chi connectivity index (χ4v) is 4.04. The van der Waals surface area contributed by atoms with Crippen molar-refractivity contribution in [2.75, 3.05) is 64.8 Å². The summed E-state index contributed by atoms with van der Waals surface area (Å²) in [5.41, 5.74) is 1.02. The van der Waals surface area contributed by atoms with Crippen molar-refractivity contribution in [3.63, 3.8) is 0 Å². The number of aromatic nitrogens is 1. The van der Waals surface area contributed by atoms with E-state index in [1.54, 1.807) is 0 Å². The Kier molecular flexibility index (Phi) is 8.31. The van der Waals surface area contributed by atoms with Gasteiger partial charge in [0.2, 0.25) is 0 Å². The van der Waals surface area contributed by atoms with Crippen LogP contribution < -0.4 is 10.6 Å². The Balaban J connectivity index is 0.00000240. The summed E-state index contributed by atoms with van der Waals surface area (Å²) in [6.07, 6.45) is 1.19. The van der Waals surface area contributed by atoms with Crippen LogP contribution in [0.15, 0.2) is 41.4 Å². The van der Waals surface area contributed by atoms with Gasteiger partial charge in [-0.05, 0) is 24.6 Å². The number of hydrogen-bond acceptors (Lipinski definition) is 5. The number of para-hydroxylation sites is 1. The number of halogens is 1. The molecule has 7 nitrogen and oxygen atoms in total. The van der Waals surface area contributed by atoms with E-state index in [1.165, 1.54) is 6.42 Å². The molecule has 158 valence electrons. The standard InChI is InChI=1S/C21H30N6O.HI/c1-22-21(27-11-8-18(16-27)26-12-14-28-15-13-26)24-10-9-23-20-7-6-17-4-2-3-5-19(17)25-20;/h2-7,18H,8-16H2,1H3,(H,22,24)(H,23,25);1H. The highest BCUT2D eigenvalue weighted by Crippen LogP contribution is 2.17. The van der Waals surface area contributed by atoms with E-state index in [-0.39, 0.29) is 24.0 Å². The summed E-state index contributed by atoms with van der Waals surface area (Å²) in [5, 5.41) is 8.05. The lowest BCUT2D eigenvalue weighted by Gasteiger charge is -2.32. The maximum Gasteiger partial charge on any atom is 0.193 e. The Morgan fingerprint density at radius 3 is 2.79 bits per heavy atom. The number of nitrogens with one attached hydrogen (secondary N) is 2. The van der Waals surface area contributed by atoms with Crippen LogP contribution >= 0.6 is 24.0 Å². The van der Waals surface area contributed by atoms with Gasteiger partial charge in [0, 0.05) is 57.7 Å². The van der Waals surface area contributed by atoms with E-state index in [9.17, 15) is 0 Å². The predicted molar refractivity (Wildman–Crippen MR) is 129 cm³/mol. The highest BCUT2D eigenvalue weighted by molar-refractivity contribution is 14.0. The van der Waals surface area contributed by atoms with E-state index >= 15 is 0 Å². The Morgan fingerprint density at radius 2 is 1.97 bits per heavy atom. The van der Waals surface area contributed by atoms with E-state index in [1.807, 2.05) is 31.3 Å². The van der Waals surface area contributed by atoms with Gasteiger partial charge in [0.05, 0.1) is 18.7 Å². The Bertz CT molecular complexity index is 811. The average molecular weight is 510 g/mol. The number of likely N-dealkylation sites (tertiary alicyclic amines) is 1. The molecule has 1 unspecified atom stereocenters. The molecule has 1 aromatic carbocycles. The van der Waals surface area contributed by atoms with Crippen molar-refractivity contribution < 1.29 is 4.74 Å². The number of fused-ring (bicyclic) bond motifs is 1. The van der Waals surface area contributed by atoms with E-state index in [0.29, 0.717) is 6.04 Å². The molecule has 0 spiro atoms. The highest BCUT2D eigenvalue weighted by atomic mass is 127. The SMILES string of the molecule is CN=C(NCCNc1ccc2ccccc2n1)N1CCC(N2CCOCC2)C1.I. The van der Waals surface area contributed by atoms with Crippen molar-refractivity contribution in [1.82, 2.24) is 20.1 Å². The number of pyridine rings is 1. The van der Waals surface area contributed by atoms with Crippen molar-refractivity contribution in [1.29, 1.82) is 0 Å². The monoisotopic (exact) mass is 510 g/mol. The number of aliphatic imine (C=N–C) groups is 1. The third-order valence-corrected chi connectivity index (χ3v) is 5.55. The molecule has 2 aliphatic heterocycles. The summed E-state index contributed by atoms with van der Waals surface area (Å²) in [7, 11) is 1.86. The summed E-state index contributed by atoms with van der Waals surface area (Å²) in [4.78, 5) is 14.1. The van der Waals surface area contributed by atoms with Crippen molar-refractivity contribution >= 4 is 46.7 Å². The number of benzene rings is 1. The Hall–Kier alpha value is -1.65. The minimum Gasteiger partial charge on any atom is -0.379 e. The van der Waals surface area contributed by atoms with Gasteiger partial charge in [0.25, 0.3) is 0 Å². The predicted octanol–water partition coefficient (Wildman–Crippen LogP) is 2.25. The van der Waals surface area contributed by atoms with E-state index in [2.05, 4.69) is 42.5 Å². The van der Waals surface area contributed by atoms with Crippen LogP contribution in [-0.4, -0.2) is 86.3 Å². The lowest BCUT2D eigenvalue weighted by atomic mass is 10.2. The third kappa shape index (κ3) is 5.70. The van der Waals surface area contributed by atoms with Gasteiger partial charge < -0.3 is 20.3 Å². The van der Waals surface area contributed by atoms with Gasteiger partial charge in [0.1, 0.15) is 5.82 Å². The zero-order valence-electron chi connectivity index (χ0n) is 17.0. The van der Waals surface area contributed by atoms with Crippen molar-refractivity contribution in [3.05, 3.63) is 36.4 Å². The quantitative estimate of drug-likeness (QED) is 0.279. The fourth-order valence-electron chi connectivity index (χ4n) is 4.04. The molecule has 2 aromatic rings. The smallest absolute Gasteiger partial charge is 0.193 e. The van der Waals surface area contributed by atoms with E-state index in [4.69, 9.17) is 4.74 Å². The number of hydrogen-bond donors (Lipinski definition) is 2. The fraction of sp³-hybridized carbons (Fsp3) is 0.524. The molecular formula is C21H31IN6O. The summed E-state index contributed by atoms with van der Waals surface area (Å²) >= 11 is 0. The molecule has 1 atom stereocenters. The van der Waals surface area contributed by atoms with Gasteiger partial charge in [-0.15, -0.1) is 24.0 Å². The molecule has 0 radical (unpaired) electrons. The molecule has 2 aliphatic rings. The van der Waals surface area contributed by atoms with Crippen LogP contribution in [0, 0.1) is 0 Å². The van der Waals surface area contributed by atoms with Gasteiger partial charge in [-0.3, -0.25) is 9.89 Å². The van der Waals surface area contributed by atoms with Gasteiger partial charge >= 0.3 is 0 Å². The first-order valence-corrected chi connectivity index (χ1v) is 10.2. The van der Waals surface area contributed by atoms with Crippen LogP contribution in [0.5, 0.6) is 0 Å². The van der Waals surface area contributed by atoms with Crippen LogP contribution in [0.4, 0.5) is 5.82 Å². The molecule has 1 aromatic heterocycles. The normalized spacial score (nSPS) is 20.5. The first-order valence-electron chi connectivity index (χ1n) is 10.2. The zero-order valence-corrected chi connectivity index (χ0v) is 19.3. The third-order valence-electron chi connectivity index (χ3n) is 5.55. The van der Waals surface area contributed by atoms with Crippen molar-refractivity contribution in [2.24, 2.45) is 4.99 Å². The minimum atomic E-state index is 0. The molecular weight excluding hydrogens is 479 g/mol. The molecule has 2 saturated heterocycles. The molecule has 2 N–H and O–H groups in total. The van der Waals surface area contributed by atoms with Gasteiger partial charge in [-0.2, -0.15) is 0 Å². The second kappa shape index (κ2) is 10.9. The molecule has 2 fully saturated rings. The van der Waals surface area contributed by atoms with Gasteiger partial charge in [-0.1, -0.05) is 18.2 Å². The van der Waals surface area contributed by atoms with Crippen LogP contribution in [0.25, 0.3) is 10.9 Å². The first kappa shape index (κ1) is 22.0. The lowest BCUT2D eigenvalue weighted by molar-refractivity contribution is 0.0195. The minimum absolute atomic E-state index is 0. The van der Waals surface area contributed by atoms with Crippen molar-refractivity contribution in [3.8, 4) is 0 Å². The maximum absolute atomic E-state index is 5.48. The average Bonchev–Trinajstić information content (AvgIpc) is 3.24. The molecule has 0 aliphatic carbocycles. The zero-order chi connectivity index (χ0) is 19.2. The molecule has 3 heterocycles. The van der Waals surface area contributed by atoms with Crippen LogP contribution in [-0.2, 0) is 4.74 Å². The molecule has 8 heteroatoms. The molecule has 4 rings (SSSR count). The highest BCUT2D eigenvalue weighted by Gasteiger charge is 2.30. The van der Waals surface area contributed by atoms with Gasteiger partial charge in [-0.25, -0.2) is 4.98 Å². The number of morpholine rings is 1. The number of ether oxygens (including phenoxy) is 1. The second-order valence-electron chi connectivity index (χ2n) is 7.33. The maximum atomic E-state index is 5.48. The van der Waals surface area contributed by atoms with E-state index in [0.717, 1.165) is 75.2 Å². The van der Waals surface area contributed by atoms with Crippen LogP contribution in [0.2, 0.25) is 0 Å². The number of anilines is 1. The van der Waals surface area contributed by atoms with Crippen LogP contribution in [0.3, 0.4) is 0 Å². The number of nitrogens with zero attached hydrogens (tertiary/aromatic N) is 4. The topological polar surface area (TPSA) is 65.0 Å². The molecule has 29 heavy (non-hydrogen) atoms. The summed E-state index contributed by atoms with van der Waals surface area (Å²) in [6.45, 7) is 7.52. The van der Waals surface area contributed by atoms with E-state index < -0.39 is 0 Å². The Labute approximate surface area is 189 Å². The lowest BCUT2D eigenvalue weighted by Crippen LogP contribution is -2.47.